The first-order valence-electron chi connectivity index (χ1n) is 7.54. The van der Waals surface area contributed by atoms with Crippen LogP contribution in [0.2, 0.25) is 0 Å². The molecule has 0 radical (unpaired) electrons. The highest BCUT2D eigenvalue weighted by Gasteiger charge is 2.20. The summed E-state index contributed by atoms with van der Waals surface area (Å²) >= 11 is 0. The highest BCUT2D eigenvalue weighted by Crippen LogP contribution is 2.49. The molecular formula is C21H19OP. The Morgan fingerprint density at radius 2 is 1.22 bits per heavy atom. The molecule has 1 nitrogen and oxygen atoms in total. The Bertz CT molecular complexity index is 742. The van der Waals surface area contributed by atoms with Gasteiger partial charge in [-0.15, -0.1) is 0 Å². The third-order valence-corrected chi connectivity index (χ3v) is 6.13. The van der Waals surface area contributed by atoms with Gasteiger partial charge in [-0.3, -0.25) is 0 Å². The topological polar surface area (TPSA) is 9.23 Å². The summed E-state index contributed by atoms with van der Waals surface area (Å²) in [5.41, 5.74) is 1.08. The number of ether oxygens (including phenoxy) is 1. The minimum absolute atomic E-state index is 0.685. The normalized spacial score (nSPS) is 10.5. The van der Waals surface area contributed by atoms with Gasteiger partial charge in [0.1, 0.15) is 5.75 Å². The van der Waals surface area contributed by atoms with E-state index >= 15 is 0 Å². The van der Waals surface area contributed by atoms with Crippen LogP contribution in [0.4, 0.5) is 0 Å². The third-order valence-electron chi connectivity index (χ3n) is 3.72. The van der Waals surface area contributed by atoms with Crippen LogP contribution in [-0.2, 0) is 0 Å². The molecule has 0 aliphatic heterocycles. The van der Waals surface area contributed by atoms with Crippen molar-refractivity contribution < 1.29 is 4.74 Å². The second-order valence-corrected chi connectivity index (χ2v) is 7.40. The molecule has 23 heavy (non-hydrogen) atoms. The van der Waals surface area contributed by atoms with E-state index in [9.17, 15) is 0 Å². The van der Waals surface area contributed by atoms with Crippen LogP contribution >= 0.6 is 7.92 Å². The van der Waals surface area contributed by atoms with Crippen LogP contribution in [0, 0.1) is 0 Å². The smallest absolute Gasteiger partial charge is 0.126 e. The van der Waals surface area contributed by atoms with E-state index in [4.69, 9.17) is 4.74 Å². The van der Waals surface area contributed by atoms with Crippen molar-refractivity contribution >= 4 is 23.8 Å². The standard InChI is InChI=1S/C21H19OP/c1-17(20-15-9-10-16-21(20)22-2)23(18-11-5-3-6-12-18)19-13-7-4-8-14-19/h3-16H,1H2,2H3. The second kappa shape index (κ2) is 7.26. The molecule has 0 N–H and O–H groups in total. The average molecular weight is 318 g/mol. The SMILES string of the molecule is C=C(c1ccccc1OC)P(c1ccccc1)c1ccccc1. The molecule has 2 heteroatoms. The zero-order valence-corrected chi connectivity index (χ0v) is 14.0. The number of methoxy groups -OCH3 is 1. The molecule has 3 aromatic rings. The fraction of sp³-hybridized carbons (Fsp3) is 0.0476. The monoisotopic (exact) mass is 318 g/mol. The molecule has 0 amide bonds. The summed E-state index contributed by atoms with van der Waals surface area (Å²) < 4.78 is 5.54. The molecule has 0 bridgehead atoms. The second-order valence-electron chi connectivity index (χ2n) is 5.15. The van der Waals surface area contributed by atoms with Gasteiger partial charge in [0.15, 0.2) is 0 Å². The largest absolute Gasteiger partial charge is 0.496 e. The average Bonchev–Trinajstić information content (AvgIpc) is 2.63. The number of hydrogen-bond acceptors (Lipinski definition) is 1. The van der Waals surface area contributed by atoms with Crippen LogP contribution in [0.1, 0.15) is 5.56 Å². The zero-order chi connectivity index (χ0) is 16.1. The van der Waals surface area contributed by atoms with Crippen LogP contribution in [0.5, 0.6) is 5.75 Å². The Labute approximate surface area is 139 Å². The number of benzene rings is 3. The van der Waals surface area contributed by atoms with Crippen molar-refractivity contribution in [2.75, 3.05) is 7.11 Å². The van der Waals surface area contributed by atoms with Gasteiger partial charge in [0.2, 0.25) is 0 Å². The molecule has 0 spiro atoms. The van der Waals surface area contributed by atoms with Gasteiger partial charge in [0, 0.05) is 5.56 Å². The van der Waals surface area contributed by atoms with Crippen LogP contribution in [0.15, 0.2) is 91.5 Å². The first kappa shape index (κ1) is 15.5. The Hall–Kier alpha value is -2.37. The van der Waals surface area contributed by atoms with Crippen molar-refractivity contribution in [3.63, 3.8) is 0 Å². The highest BCUT2D eigenvalue weighted by molar-refractivity contribution is 7.82. The molecule has 0 unspecified atom stereocenters. The van der Waals surface area contributed by atoms with Gasteiger partial charge >= 0.3 is 0 Å². The summed E-state index contributed by atoms with van der Waals surface area (Å²) in [7, 11) is 1.02. The van der Waals surface area contributed by atoms with Crippen molar-refractivity contribution in [1.82, 2.24) is 0 Å². The highest BCUT2D eigenvalue weighted by atomic mass is 31.1. The fourth-order valence-corrected chi connectivity index (χ4v) is 4.91. The third kappa shape index (κ3) is 3.36. The molecule has 0 fully saturated rings. The van der Waals surface area contributed by atoms with Crippen molar-refractivity contribution in [1.29, 1.82) is 0 Å². The minimum atomic E-state index is -0.685. The molecule has 3 aromatic carbocycles. The summed E-state index contributed by atoms with van der Waals surface area (Å²) in [6.45, 7) is 4.44. The molecule has 114 valence electrons. The molecule has 0 aliphatic rings. The van der Waals surface area contributed by atoms with E-state index in [1.54, 1.807) is 7.11 Å². The summed E-state index contributed by atoms with van der Waals surface area (Å²) in [4.78, 5) is 0. The molecule has 0 saturated heterocycles. The van der Waals surface area contributed by atoms with E-state index in [1.165, 1.54) is 10.6 Å². The Morgan fingerprint density at radius 3 is 1.74 bits per heavy atom. The first-order valence-corrected chi connectivity index (χ1v) is 8.88. The van der Waals surface area contributed by atoms with Crippen molar-refractivity contribution in [2.24, 2.45) is 0 Å². The lowest BCUT2D eigenvalue weighted by atomic mass is 10.2. The Morgan fingerprint density at radius 1 is 0.739 bits per heavy atom. The molecule has 3 rings (SSSR count). The van der Waals surface area contributed by atoms with Gasteiger partial charge in [0.25, 0.3) is 0 Å². The zero-order valence-electron chi connectivity index (χ0n) is 13.1. The van der Waals surface area contributed by atoms with E-state index < -0.39 is 7.92 Å². The van der Waals surface area contributed by atoms with Crippen molar-refractivity contribution in [3.8, 4) is 5.75 Å². The van der Waals surface area contributed by atoms with Crippen LogP contribution in [0.3, 0.4) is 0 Å². The van der Waals surface area contributed by atoms with E-state index in [-0.39, 0.29) is 0 Å². The molecule has 0 heterocycles. The van der Waals surface area contributed by atoms with Gasteiger partial charge in [-0.05, 0) is 29.9 Å². The quantitative estimate of drug-likeness (QED) is 0.614. The maximum absolute atomic E-state index is 5.54. The van der Waals surface area contributed by atoms with Crippen LogP contribution in [-0.4, -0.2) is 7.11 Å². The van der Waals surface area contributed by atoms with Crippen molar-refractivity contribution in [2.45, 2.75) is 0 Å². The van der Waals surface area contributed by atoms with Crippen LogP contribution in [0.25, 0.3) is 5.31 Å². The van der Waals surface area contributed by atoms with Gasteiger partial charge in [-0.2, -0.15) is 0 Å². The van der Waals surface area contributed by atoms with E-state index in [0.717, 1.165) is 16.6 Å². The van der Waals surface area contributed by atoms with E-state index in [1.807, 2.05) is 30.3 Å². The maximum Gasteiger partial charge on any atom is 0.126 e. The number of hydrogen-bond donors (Lipinski definition) is 0. The molecule has 0 aliphatic carbocycles. The minimum Gasteiger partial charge on any atom is -0.496 e. The Balaban J connectivity index is 2.11. The van der Waals surface area contributed by atoms with Gasteiger partial charge in [-0.25, -0.2) is 0 Å². The molecular weight excluding hydrogens is 299 g/mol. The summed E-state index contributed by atoms with van der Waals surface area (Å²) in [5, 5.41) is 3.70. The number of rotatable bonds is 5. The number of para-hydroxylation sites is 1. The fourth-order valence-electron chi connectivity index (χ4n) is 2.62. The van der Waals surface area contributed by atoms with Crippen LogP contribution < -0.4 is 15.3 Å². The lowest BCUT2D eigenvalue weighted by Crippen LogP contribution is -2.12. The summed E-state index contributed by atoms with van der Waals surface area (Å²) in [6.07, 6.45) is 0. The summed E-state index contributed by atoms with van der Waals surface area (Å²) in [6, 6.07) is 29.3. The predicted molar refractivity (Wildman–Crippen MR) is 101 cm³/mol. The lowest BCUT2D eigenvalue weighted by Gasteiger charge is -2.22. The van der Waals surface area contributed by atoms with Gasteiger partial charge in [0.05, 0.1) is 7.11 Å². The Kier molecular flexibility index (Phi) is 4.90. The first-order chi connectivity index (χ1) is 11.3. The van der Waals surface area contributed by atoms with E-state index in [0.29, 0.717) is 0 Å². The van der Waals surface area contributed by atoms with E-state index in [2.05, 4.69) is 61.2 Å². The summed E-state index contributed by atoms with van der Waals surface area (Å²) in [5.74, 6) is 0.872. The molecule has 0 aromatic heterocycles. The lowest BCUT2D eigenvalue weighted by molar-refractivity contribution is 0.414. The molecule has 0 atom stereocenters. The van der Waals surface area contributed by atoms with Gasteiger partial charge in [-0.1, -0.05) is 85.4 Å². The predicted octanol–water partition coefficient (Wildman–Crippen LogP) is 4.80. The maximum atomic E-state index is 5.54. The van der Waals surface area contributed by atoms with Gasteiger partial charge < -0.3 is 4.74 Å². The molecule has 0 saturated carbocycles. The van der Waals surface area contributed by atoms with Crippen molar-refractivity contribution in [3.05, 3.63) is 97.1 Å².